The van der Waals surface area contributed by atoms with Crippen molar-refractivity contribution in [3.05, 3.63) is 18.5 Å². The summed E-state index contributed by atoms with van der Waals surface area (Å²) in [6.07, 6.45) is 3.35. The maximum absolute atomic E-state index is 10.9. The highest BCUT2D eigenvalue weighted by Gasteiger charge is 2.13. The summed E-state index contributed by atoms with van der Waals surface area (Å²) in [7, 11) is 1.36. The number of methoxy groups -OCH3 is 1. The molecule has 60 valence electrons. The van der Waals surface area contributed by atoms with Crippen LogP contribution in [0.1, 0.15) is 13.0 Å². The molecular weight excluding hydrogens is 144 g/mol. The van der Waals surface area contributed by atoms with E-state index in [0.717, 1.165) is 0 Å². The van der Waals surface area contributed by atoms with Crippen LogP contribution in [-0.2, 0) is 9.53 Å². The molecule has 4 heteroatoms. The molecule has 0 aliphatic carbocycles. The topological polar surface area (TPSA) is 44.1 Å². The van der Waals surface area contributed by atoms with Crippen LogP contribution in [0.4, 0.5) is 0 Å². The number of ether oxygens (including phenoxy) is 1. The standard InChI is InChI=1S/C7H10N2O2/c1-6(7(10)11-2)9-5-3-4-8-9/h3-6H,1-2H3/t6-/m1/s1. The van der Waals surface area contributed by atoms with Crippen LogP contribution in [0.5, 0.6) is 0 Å². The zero-order valence-electron chi connectivity index (χ0n) is 6.52. The Morgan fingerprint density at radius 3 is 2.91 bits per heavy atom. The molecular formula is C7H10N2O2. The average Bonchev–Trinajstić information content (AvgIpc) is 2.53. The SMILES string of the molecule is COC(=O)[C@@H](C)n1cccn1. The summed E-state index contributed by atoms with van der Waals surface area (Å²) in [6, 6.07) is 1.43. The highest BCUT2D eigenvalue weighted by Crippen LogP contribution is 2.03. The van der Waals surface area contributed by atoms with E-state index in [1.165, 1.54) is 7.11 Å². The van der Waals surface area contributed by atoms with Crippen molar-refractivity contribution in [2.75, 3.05) is 7.11 Å². The van der Waals surface area contributed by atoms with E-state index in [-0.39, 0.29) is 12.0 Å². The molecule has 1 rings (SSSR count). The van der Waals surface area contributed by atoms with Crippen molar-refractivity contribution in [2.24, 2.45) is 0 Å². The lowest BCUT2D eigenvalue weighted by Crippen LogP contribution is -2.17. The number of carbonyl (C=O) groups is 1. The fraction of sp³-hybridized carbons (Fsp3) is 0.429. The fourth-order valence-corrected chi connectivity index (χ4v) is 0.788. The predicted octanol–water partition coefficient (Wildman–Crippen LogP) is 0.617. The van der Waals surface area contributed by atoms with E-state index in [0.29, 0.717) is 0 Å². The van der Waals surface area contributed by atoms with E-state index in [2.05, 4.69) is 9.84 Å². The predicted molar refractivity (Wildman–Crippen MR) is 39.0 cm³/mol. The Morgan fingerprint density at radius 1 is 1.73 bits per heavy atom. The normalized spacial score (nSPS) is 12.5. The summed E-state index contributed by atoms with van der Waals surface area (Å²) < 4.78 is 6.08. The van der Waals surface area contributed by atoms with Crippen molar-refractivity contribution in [1.82, 2.24) is 9.78 Å². The first kappa shape index (κ1) is 7.78. The number of aromatic nitrogens is 2. The third-order valence-corrected chi connectivity index (χ3v) is 1.46. The Bertz CT molecular complexity index is 231. The van der Waals surface area contributed by atoms with Gasteiger partial charge >= 0.3 is 5.97 Å². The van der Waals surface area contributed by atoms with Gasteiger partial charge in [0, 0.05) is 12.4 Å². The van der Waals surface area contributed by atoms with Crippen LogP contribution in [0.3, 0.4) is 0 Å². The minimum absolute atomic E-state index is 0.284. The molecule has 0 bridgehead atoms. The third-order valence-electron chi connectivity index (χ3n) is 1.46. The van der Waals surface area contributed by atoms with Gasteiger partial charge in [0.25, 0.3) is 0 Å². The van der Waals surface area contributed by atoms with Crippen molar-refractivity contribution >= 4 is 5.97 Å². The second-order valence-corrected chi connectivity index (χ2v) is 2.19. The minimum Gasteiger partial charge on any atom is -0.467 e. The molecule has 0 radical (unpaired) electrons. The smallest absolute Gasteiger partial charge is 0.330 e. The van der Waals surface area contributed by atoms with E-state index in [4.69, 9.17) is 0 Å². The van der Waals surface area contributed by atoms with Crippen molar-refractivity contribution < 1.29 is 9.53 Å². The van der Waals surface area contributed by atoms with Crippen molar-refractivity contribution in [1.29, 1.82) is 0 Å². The summed E-state index contributed by atoms with van der Waals surface area (Å²) in [5.41, 5.74) is 0. The second-order valence-electron chi connectivity index (χ2n) is 2.19. The van der Waals surface area contributed by atoms with Crippen LogP contribution >= 0.6 is 0 Å². The van der Waals surface area contributed by atoms with Gasteiger partial charge in [0.15, 0.2) is 0 Å². The second kappa shape index (κ2) is 3.18. The third kappa shape index (κ3) is 1.58. The molecule has 0 saturated heterocycles. The molecule has 0 aliphatic heterocycles. The van der Waals surface area contributed by atoms with Gasteiger partial charge in [0.2, 0.25) is 0 Å². The number of carbonyl (C=O) groups excluding carboxylic acids is 1. The van der Waals surface area contributed by atoms with Gasteiger partial charge in [0.05, 0.1) is 7.11 Å². The van der Waals surface area contributed by atoms with Crippen LogP contribution in [0.2, 0.25) is 0 Å². The Morgan fingerprint density at radius 2 is 2.45 bits per heavy atom. The lowest BCUT2D eigenvalue weighted by Gasteiger charge is -2.08. The van der Waals surface area contributed by atoms with Gasteiger partial charge in [-0.25, -0.2) is 4.79 Å². The average molecular weight is 154 g/mol. The summed E-state index contributed by atoms with van der Waals surface area (Å²) >= 11 is 0. The first-order valence-electron chi connectivity index (χ1n) is 3.32. The lowest BCUT2D eigenvalue weighted by molar-refractivity contribution is -0.144. The molecule has 4 nitrogen and oxygen atoms in total. The molecule has 11 heavy (non-hydrogen) atoms. The Labute approximate surface area is 64.8 Å². The molecule has 0 saturated carbocycles. The molecule has 0 fully saturated rings. The quantitative estimate of drug-likeness (QED) is 0.586. The molecule has 0 unspecified atom stereocenters. The molecule has 0 N–H and O–H groups in total. The summed E-state index contributed by atoms with van der Waals surface area (Å²) in [5.74, 6) is -0.284. The van der Waals surface area contributed by atoms with E-state index < -0.39 is 0 Å². The van der Waals surface area contributed by atoms with Crippen LogP contribution in [0.15, 0.2) is 18.5 Å². The van der Waals surface area contributed by atoms with E-state index >= 15 is 0 Å². The number of esters is 1. The molecule has 1 aromatic heterocycles. The van der Waals surface area contributed by atoms with E-state index in [9.17, 15) is 4.79 Å². The summed E-state index contributed by atoms with van der Waals surface area (Å²) in [5, 5.41) is 3.90. The Hall–Kier alpha value is -1.32. The van der Waals surface area contributed by atoms with Gasteiger partial charge < -0.3 is 4.74 Å². The molecule has 0 amide bonds. The van der Waals surface area contributed by atoms with Crippen LogP contribution in [0.25, 0.3) is 0 Å². The first-order chi connectivity index (χ1) is 5.25. The van der Waals surface area contributed by atoms with Gasteiger partial charge in [-0.3, -0.25) is 4.68 Å². The maximum atomic E-state index is 10.9. The maximum Gasteiger partial charge on any atom is 0.330 e. The first-order valence-corrected chi connectivity index (χ1v) is 3.32. The van der Waals surface area contributed by atoms with Gasteiger partial charge in [-0.1, -0.05) is 0 Å². The van der Waals surface area contributed by atoms with Gasteiger partial charge in [-0.2, -0.15) is 5.10 Å². The summed E-state index contributed by atoms with van der Waals surface area (Å²) in [6.45, 7) is 1.73. The van der Waals surface area contributed by atoms with Crippen LogP contribution in [-0.4, -0.2) is 22.9 Å². The molecule has 1 heterocycles. The number of hydrogen-bond acceptors (Lipinski definition) is 3. The number of nitrogens with zero attached hydrogens (tertiary/aromatic N) is 2. The fourth-order valence-electron chi connectivity index (χ4n) is 0.788. The van der Waals surface area contributed by atoms with E-state index in [1.54, 1.807) is 30.1 Å². The molecule has 0 aliphatic rings. The monoisotopic (exact) mass is 154 g/mol. The van der Waals surface area contributed by atoms with E-state index in [1.807, 2.05) is 0 Å². The van der Waals surface area contributed by atoms with Crippen molar-refractivity contribution in [3.63, 3.8) is 0 Å². The zero-order valence-corrected chi connectivity index (χ0v) is 6.52. The molecule has 1 aromatic rings. The molecule has 0 spiro atoms. The Balaban J connectivity index is 2.70. The Kier molecular flexibility index (Phi) is 2.25. The highest BCUT2D eigenvalue weighted by molar-refractivity contribution is 5.73. The molecule has 0 aromatic carbocycles. The van der Waals surface area contributed by atoms with Gasteiger partial charge in [-0.05, 0) is 13.0 Å². The van der Waals surface area contributed by atoms with Gasteiger partial charge in [-0.15, -0.1) is 0 Å². The minimum atomic E-state index is -0.338. The highest BCUT2D eigenvalue weighted by atomic mass is 16.5. The lowest BCUT2D eigenvalue weighted by atomic mass is 10.3. The van der Waals surface area contributed by atoms with Crippen LogP contribution < -0.4 is 0 Å². The molecule has 1 atom stereocenters. The number of hydrogen-bond donors (Lipinski definition) is 0. The van der Waals surface area contributed by atoms with Gasteiger partial charge in [0.1, 0.15) is 6.04 Å². The summed E-state index contributed by atoms with van der Waals surface area (Å²) in [4.78, 5) is 10.9. The largest absolute Gasteiger partial charge is 0.467 e. The van der Waals surface area contributed by atoms with Crippen molar-refractivity contribution in [3.8, 4) is 0 Å². The van der Waals surface area contributed by atoms with Crippen molar-refractivity contribution in [2.45, 2.75) is 13.0 Å². The zero-order chi connectivity index (χ0) is 8.27. The number of rotatable bonds is 2. The van der Waals surface area contributed by atoms with Crippen LogP contribution in [0, 0.1) is 0 Å².